The molecule has 6 nitrogen and oxygen atoms in total. The Morgan fingerprint density at radius 3 is 2.78 bits per heavy atom. The number of aryl methyl sites for hydroxylation is 2. The Hall–Kier alpha value is -2.73. The van der Waals surface area contributed by atoms with Gasteiger partial charge in [-0.2, -0.15) is 0 Å². The number of hydrogen-bond acceptors (Lipinski definition) is 4. The first-order valence-corrected chi connectivity index (χ1v) is 7.24. The summed E-state index contributed by atoms with van der Waals surface area (Å²) in [6, 6.07) is 8.37. The summed E-state index contributed by atoms with van der Waals surface area (Å²) in [5.74, 6) is -0.496. The Kier molecular flexibility index (Phi) is 3.83. The van der Waals surface area contributed by atoms with Gasteiger partial charge in [-0.05, 0) is 43.7 Å². The SMILES string of the molecule is Cc1nc2c(C)cccn2c1N=Nc1ccc(Cl)c(C(=O)O)c1. The molecule has 0 aliphatic carbocycles. The van der Waals surface area contributed by atoms with E-state index in [4.69, 9.17) is 16.7 Å². The number of aromatic carboxylic acids is 1. The average molecular weight is 329 g/mol. The predicted molar refractivity (Wildman–Crippen MR) is 87.3 cm³/mol. The van der Waals surface area contributed by atoms with E-state index in [9.17, 15) is 4.79 Å². The summed E-state index contributed by atoms with van der Waals surface area (Å²) in [5.41, 5.74) is 3.01. The van der Waals surface area contributed by atoms with Gasteiger partial charge >= 0.3 is 5.97 Å². The number of carbonyl (C=O) groups is 1. The Morgan fingerprint density at radius 1 is 1.26 bits per heavy atom. The van der Waals surface area contributed by atoms with Crippen LogP contribution in [0, 0.1) is 13.8 Å². The minimum Gasteiger partial charge on any atom is -0.478 e. The van der Waals surface area contributed by atoms with E-state index < -0.39 is 5.97 Å². The molecule has 2 aromatic heterocycles. The van der Waals surface area contributed by atoms with Crippen LogP contribution in [-0.2, 0) is 0 Å². The lowest BCUT2D eigenvalue weighted by Gasteiger charge is -2.00. The van der Waals surface area contributed by atoms with Crippen LogP contribution in [0.5, 0.6) is 0 Å². The van der Waals surface area contributed by atoms with Gasteiger partial charge in [-0.25, -0.2) is 9.78 Å². The molecule has 0 fully saturated rings. The molecule has 3 rings (SSSR count). The number of rotatable bonds is 3. The Labute approximate surface area is 137 Å². The highest BCUT2D eigenvalue weighted by Gasteiger charge is 2.11. The van der Waals surface area contributed by atoms with E-state index in [1.165, 1.54) is 12.1 Å². The highest BCUT2D eigenvalue weighted by atomic mass is 35.5. The fourth-order valence-electron chi connectivity index (χ4n) is 2.27. The van der Waals surface area contributed by atoms with Crippen molar-refractivity contribution in [1.29, 1.82) is 0 Å². The van der Waals surface area contributed by atoms with Crippen molar-refractivity contribution < 1.29 is 9.90 Å². The summed E-state index contributed by atoms with van der Waals surface area (Å²) >= 11 is 5.84. The molecule has 0 spiro atoms. The van der Waals surface area contributed by atoms with Crippen molar-refractivity contribution in [3.8, 4) is 0 Å². The molecule has 0 aliphatic heterocycles. The van der Waals surface area contributed by atoms with Gasteiger partial charge in [-0.3, -0.25) is 4.40 Å². The number of imidazole rings is 1. The molecule has 0 radical (unpaired) electrons. The molecular weight excluding hydrogens is 316 g/mol. The van der Waals surface area contributed by atoms with Gasteiger partial charge in [-0.1, -0.05) is 17.7 Å². The lowest BCUT2D eigenvalue weighted by molar-refractivity contribution is 0.0697. The van der Waals surface area contributed by atoms with Crippen molar-refractivity contribution in [2.45, 2.75) is 13.8 Å². The number of benzene rings is 1. The van der Waals surface area contributed by atoms with E-state index >= 15 is 0 Å². The third-order valence-corrected chi connectivity index (χ3v) is 3.76. The van der Waals surface area contributed by atoms with Crippen molar-refractivity contribution in [3.63, 3.8) is 0 Å². The molecule has 1 aromatic carbocycles. The molecule has 116 valence electrons. The maximum absolute atomic E-state index is 11.1. The molecule has 0 unspecified atom stereocenters. The number of nitrogens with zero attached hydrogens (tertiary/aromatic N) is 4. The number of carboxylic acid groups (broad SMARTS) is 1. The lowest BCUT2D eigenvalue weighted by atomic mass is 10.2. The summed E-state index contributed by atoms with van der Waals surface area (Å²) in [4.78, 5) is 15.6. The fraction of sp³-hybridized carbons (Fsp3) is 0.125. The quantitative estimate of drug-likeness (QED) is 0.706. The van der Waals surface area contributed by atoms with Crippen LogP contribution in [0.4, 0.5) is 11.5 Å². The molecule has 2 heterocycles. The molecule has 0 bridgehead atoms. The number of fused-ring (bicyclic) bond motifs is 1. The smallest absolute Gasteiger partial charge is 0.337 e. The first kappa shape index (κ1) is 15.2. The van der Waals surface area contributed by atoms with Gasteiger partial charge in [0.05, 0.1) is 22.0 Å². The molecule has 7 heteroatoms. The van der Waals surface area contributed by atoms with Gasteiger partial charge in [0.25, 0.3) is 0 Å². The molecular formula is C16H13ClN4O2. The highest BCUT2D eigenvalue weighted by molar-refractivity contribution is 6.33. The first-order chi connectivity index (χ1) is 11.0. The van der Waals surface area contributed by atoms with Crippen molar-refractivity contribution in [2.75, 3.05) is 0 Å². The largest absolute Gasteiger partial charge is 0.478 e. The van der Waals surface area contributed by atoms with Crippen LogP contribution in [0.1, 0.15) is 21.6 Å². The van der Waals surface area contributed by atoms with E-state index in [0.717, 1.165) is 16.9 Å². The summed E-state index contributed by atoms with van der Waals surface area (Å²) in [6.45, 7) is 3.83. The van der Waals surface area contributed by atoms with Gasteiger partial charge in [0.15, 0.2) is 5.82 Å². The zero-order valence-electron chi connectivity index (χ0n) is 12.5. The van der Waals surface area contributed by atoms with Crippen LogP contribution < -0.4 is 0 Å². The van der Waals surface area contributed by atoms with E-state index in [-0.39, 0.29) is 10.6 Å². The van der Waals surface area contributed by atoms with Gasteiger partial charge in [0, 0.05) is 6.20 Å². The van der Waals surface area contributed by atoms with Crippen LogP contribution in [0.25, 0.3) is 5.65 Å². The number of aromatic nitrogens is 2. The van der Waals surface area contributed by atoms with E-state index in [1.807, 2.05) is 36.6 Å². The second-order valence-corrected chi connectivity index (χ2v) is 5.48. The monoisotopic (exact) mass is 328 g/mol. The van der Waals surface area contributed by atoms with E-state index in [2.05, 4.69) is 15.2 Å². The van der Waals surface area contributed by atoms with Crippen LogP contribution in [0.15, 0.2) is 46.8 Å². The zero-order chi connectivity index (χ0) is 16.6. The fourth-order valence-corrected chi connectivity index (χ4v) is 2.47. The molecule has 0 aliphatic rings. The maximum Gasteiger partial charge on any atom is 0.337 e. The average Bonchev–Trinajstić information content (AvgIpc) is 2.83. The van der Waals surface area contributed by atoms with E-state index in [0.29, 0.717) is 11.5 Å². The molecule has 3 aromatic rings. The van der Waals surface area contributed by atoms with Gasteiger partial charge in [0.1, 0.15) is 5.65 Å². The molecule has 1 N–H and O–H groups in total. The summed E-state index contributed by atoms with van der Waals surface area (Å²) in [7, 11) is 0. The van der Waals surface area contributed by atoms with Crippen LogP contribution in [-0.4, -0.2) is 20.5 Å². The number of pyridine rings is 1. The van der Waals surface area contributed by atoms with Gasteiger partial charge in [0.2, 0.25) is 0 Å². The summed E-state index contributed by atoms with van der Waals surface area (Å²) < 4.78 is 1.85. The zero-order valence-corrected chi connectivity index (χ0v) is 13.2. The summed E-state index contributed by atoms with van der Waals surface area (Å²) in [6.07, 6.45) is 1.86. The first-order valence-electron chi connectivity index (χ1n) is 6.86. The predicted octanol–water partition coefficient (Wildman–Crippen LogP) is 4.72. The second-order valence-electron chi connectivity index (χ2n) is 5.07. The van der Waals surface area contributed by atoms with Gasteiger partial charge < -0.3 is 5.11 Å². The highest BCUT2D eigenvalue weighted by Crippen LogP contribution is 2.27. The van der Waals surface area contributed by atoms with Crippen molar-refractivity contribution >= 4 is 34.7 Å². The van der Waals surface area contributed by atoms with Crippen LogP contribution in [0.2, 0.25) is 5.02 Å². The molecule has 0 saturated carbocycles. The van der Waals surface area contributed by atoms with Crippen LogP contribution >= 0.6 is 11.6 Å². The molecule has 0 atom stereocenters. The lowest BCUT2D eigenvalue weighted by Crippen LogP contribution is -1.96. The van der Waals surface area contributed by atoms with E-state index in [1.54, 1.807) is 6.07 Å². The maximum atomic E-state index is 11.1. The summed E-state index contributed by atoms with van der Waals surface area (Å²) in [5, 5.41) is 17.6. The second kappa shape index (κ2) is 5.81. The number of azo groups is 1. The van der Waals surface area contributed by atoms with Crippen LogP contribution in [0.3, 0.4) is 0 Å². The molecule has 0 amide bonds. The number of carboxylic acids is 1. The third-order valence-electron chi connectivity index (χ3n) is 3.43. The Balaban J connectivity index is 2.04. The Morgan fingerprint density at radius 2 is 2.04 bits per heavy atom. The van der Waals surface area contributed by atoms with Crippen molar-refractivity contribution in [1.82, 2.24) is 9.38 Å². The van der Waals surface area contributed by atoms with Crippen molar-refractivity contribution in [3.05, 3.63) is 58.4 Å². The number of hydrogen-bond donors (Lipinski definition) is 1. The van der Waals surface area contributed by atoms with Crippen molar-refractivity contribution in [2.24, 2.45) is 10.2 Å². The molecule has 23 heavy (non-hydrogen) atoms. The topological polar surface area (TPSA) is 79.3 Å². The minimum absolute atomic E-state index is 0.00572. The van der Waals surface area contributed by atoms with Gasteiger partial charge in [-0.15, -0.1) is 10.2 Å². The minimum atomic E-state index is -1.10. The molecule has 0 saturated heterocycles. The standard InChI is InChI=1S/C16H13ClN4O2/c1-9-4-3-7-21-14(9)18-10(2)15(21)20-19-11-5-6-13(17)12(8-11)16(22)23/h3-8H,1-2H3,(H,22,23). The Bertz CT molecular complexity index is 947. The normalized spacial score (nSPS) is 11.4. The number of halogens is 1. The third kappa shape index (κ3) is 2.80.